The maximum Gasteiger partial charge on any atom is 0.320 e. The van der Waals surface area contributed by atoms with E-state index in [1.165, 1.54) is 76.9 Å². The van der Waals surface area contributed by atoms with Gasteiger partial charge in [-0.1, -0.05) is 92.7 Å². The van der Waals surface area contributed by atoms with Gasteiger partial charge in [0.15, 0.2) is 0 Å². The van der Waals surface area contributed by atoms with Gasteiger partial charge in [0.05, 0.1) is 17.8 Å². The maximum atomic E-state index is 13.4. The first-order valence-corrected chi connectivity index (χ1v) is 23.3. The molecule has 3 fully saturated rings. The minimum Gasteiger partial charge on any atom is -0.461 e. The lowest BCUT2D eigenvalue weighted by molar-refractivity contribution is -0.167. The number of carbonyl (C=O) groups is 2. The van der Waals surface area contributed by atoms with Crippen LogP contribution in [0, 0.1) is 57.2 Å². The molecule has 0 bridgehead atoms. The van der Waals surface area contributed by atoms with Crippen LogP contribution in [0.1, 0.15) is 185 Å². The van der Waals surface area contributed by atoms with Gasteiger partial charge in [-0.15, -0.1) is 0 Å². The molecule has 0 spiro atoms. The average Bonchev–Trinajstić information content (AvgIpc) is 3.46. The fourth-order valence-electron chi connectivity index (χ4n) is 11.2. The van der Waals surface area contributed by atoms with Crippen molar-refractivity contribution in [1.82, 2.24) is 4.90 Å². The zero-order valence-corrected chi connectivity index (χ0v) is 38.5. The third kappa shape index (κ3) is 12.0. The molecule has 322 valence electrons. The molecular formula is C50H87NO5. The van der Waals surface area contributed by atoms with Crippen LogP contribution >= 0.6 is 0 Å². The summed E-state index contributed by atoms with van der Waals surface area (Å²) in [5.74, 6) is 4.22. The van der Waals surface area contributed by atoms with Crippen LogP contribution in [-0.2, 0) is 23.8 Å². The van der Waals surface area contributed by atoms with Gasteiger partial charge in [0, 0.05) is 13.0 Å². The summed E-state index contributed by atoms with van der Waals surface area (Å²) in [5, 5.41) is 0. The van der Waals surface area contributed by atoms with Crippen LogP contribution in [0.15, 0.2) is 24.0 Å². The summed E-state index contributed by atoms with van der Waals surface area (Å²) in [4.78, 5) is 28.4. The van der Waals surface area contributed by atoms with Crippen molar-refractivity contribution in [3.8, 4) is 0 Å². The monoisotopic (exact) mass is 782 g/mol. The predicted molar refractivity (Wildman–Crippen MR) is 232 cm³/mol. The summed E-state index contributed by atoms with van der Waals surface area (Å²) < 4.78 is 18.3. The summed E-state index contributed by atoms with van der Waals surface area (Å²) in [7, 11) is 4.01. The zero-order chi connectivity index (χ0) is 41.3. The second kappa shape index (κ2) is 20.5. The summed E-state index contributed by atoms with van der Waals surface area (Å²) in [5.41, 5.74) is 1.56. The molecule has 8 unspecified atom stereocenters. The number of esters is 2. The van der Waals surface area contributed by atoms with E-state index in [0.29, 0.717) is 35.7 Å². The Hall–Kier alpha value is -1.66. The Bertz CT molecular complexity index is 1310. The number of nitrogens with zero attached hydrogens (tertiary/aromatic N) is 1. The number of hydrogen-bond acceptors (Lipinski definition) is 6. The molecule has 56 heavy (non-hydrogen) atoms. The van der Waals surface area contributed by atoms with Crippen LogP contribution in [-0.4, -0.2) is 56.3 Å². The highest BCUT2D eigenvalue weighted by Crippen LogP contribution is 2.67. The van der Waals surface area contributed by atoms with E-state index in [-0.39, 0.29) is 17.4 Å². The standard InChI is InChI=1S/C50H87NO5/c1-36(2)19-15-16-20-38-24-26-42-41-25-23-39-35-40(27-29-50(39,10)43(41)28-30-49(38,42)9)54-33-17-13-14-21-44(56-45(52)22-18-32-51(11)12)48(7,8)46(53)55-34-31-47(5,6)37(3)4/h23,31,34,36-38,40-44H,13-22,24-30,32-33,35H2,1-12H3. The first-order chi connectivity index (χ1) is 26.3. The lowest BCUT2D eigenvalue weighted by atomic mass is 9.47. The minimum atomic E-state index is -0.967. The average molecular weight is 782 g/mol. The quantitative estimate of drug-likeness (QED) is 0.0472. The molecule has 6 heteroatoms. The van der Waals surface area contributed by atoms with E-state index in [1.54, 1.807) is 5.57 Å². The Morgan fingerprint density at radius 2 is 1.62 bits per heavy atom. The van der Waals surface area contributed by atoms with Crippen LogP contribution in [0.2, 0.25) is 0 Å². The van der Waals surface area contributed by atoms with Crippen LogP contribution in [0.4, 0.5) is 0 Å². The van der Waals surface area contributed by atoms with Crippen LogP contribution in [0.5, 0.6) is 0 Å². The van der Waals surface area contributed by atoms with Crippen molar-refractivity contribution < 1.29 is 23.8 Å². The van der Waals surface area contributed by atoms with E-state index in [4.69, 9.17) is 14.2 Å². The Morgan fingerprint density at radius 3 is 2.32 bits per heavy atom. The number of fused-ring (bicyclic) bond motifs is 5. The van der Waals surface area contributed by atoms with Crippen LogP contribution < -0.4 is 0 Å². The van der Waals surface area contributed by atoms with E-state index in [9.17, 15) is 9.59 Å². The molecule has 0 saturated heterocycles. The molecule has 0 aromatic heterocycles. The van der Waals surface area contributed by atoms with E-state index in [0.717, 1.165) is 74.8 Å². The molecule has 4 aliphatic rings. The Balaban J connectivity index is 1.25. The van der Waals surface area contributed by atoms with E-state index in [2.05, 4.69) is 66.4 Å². The van der Waals surface area contributed by atoms with E-state index < -0.39 is 11.5 Å². The van der Waals surface area contributed by atoms with Gasteiger partial charge in [0.25, 0.3) is 0 Å². The highest BCUT2D eigenvalue weighted by molar-refractivity contribution is 5.78. The molecule has 0 heterocycles. The van der Waals surface area contributed by atoms with Crippen molar-refractivity contribution >= 4 is 11.9 Å². The zero-order valence-electron chi connectivity index (χ0n) is 38.5. The van der Waals surface area contributed by atoms with Gasteiger partial charge in [-0.25, -0.2) is 0 Å². The summed E-state index contributed by atoms with van der Waals surface area (Å²) >= 11 is 0. The van der Waals surface area contributed by atoms with Gasteiger partial charge < -0.3 is 19.1 Å². The highest BCUT2D eigenvalue weighted by Gasteiger charge is 2.58. The lowest BCUT2D eigenvalue weighted by Crippen LogP contribution is -2.50. The van der Waals surface area contributed by atoms with Gasteiger partial charge in [-0.3, -0.25) is 9.59 Å². The molecule has 0 aliphatic heterocycles. The molecule has 8 atom stereocenters. The van der Waals surface area contributed by atoms with Crippen molar-refractivity contribution in [1.29, 1.82) is 0 Å². The van der Waals surface area contributed by atoms with Crippen molar-refractivity contribution in [3.63, 3.8) is 0 Å². The minimum absolute atomic E-state index is 0.0949. The normalized spacial score (nSPS) is 30.0. The number of carbonyl (C=O) groups excluding carboxylic acids is 2. The van der Waals surface area contributed by atoms with Crippen LogP contribution in [0.25, 0.3) is 0 Å². The number of rotatable bonds is 22. The van der Waals surface area contributed by atoms with E-state index >= 15 is 0 Å². The summed E-state index contributed by atoms with van der Waals surface area (Å²) in [6, 6.07) is 0. The fourth-order valence-corrected chi connectivity index (χ4v) is 11.2. The van der Waals surface area contributed by atoms with Gasteiger partial charge in [-0.05, 0) is 176 Å². The Morgan fingerprint density at radius 1 is 0.893 bits per heavy atom. The van der Waals surface area contributed by atoms with Gasteiger partial charge >= 0.3 is 11.9 Å². The largest absolute Gasteiger partial charge is 0.461 e. The number of unbranched alkanes of at least 4 members (excludes halogenated alkanes) is 3. The van der Waals surface area contributed by atoms with Crippen LogP contribution in [0.3, 0.4) is 0 Å². The molecule has 6 nitrogen and oxygen atoms in total. The first-order valence-electron chi connectivity index (χ1n) is 23.3. The topological polar surface area (TPSA) is 65.1 Å². The molecule has 0 N–H and O–H groups in total. The molecule has 0 aromatic carbocycles. The SMILES string of the molecule is CC(C)CCCCC1CCC2C3CC=C4CC(OCCCCCC(OC(=O)CCCN(C)C)C(C)(C)C(=O)OC=CC(C)(C)C(C)C)CCC4(C)C3CCC12C. The molecule has 4 rings (SSSR count). The third-order valence-electron chi connectivity index (χ3n) is 16.1. The number of hydrogen-bond donors (Lipinski definition) is 0. The van der Waals surface area contributed by atoms with Gasteiger partial charge in [0.1, 0.15) is 6.10 Å². The third-order valence-corrected chi connectivity index (χ3v) is 16.1. The summed E-state index contributed by atoms with van der Waals surface area (Å²) in [6.45, 7) is 23.9. The fraction of sp³-hybridized carbons (Fsp3) is 0.880. The summed E-state index contributed by atoms with van der Waals surface area (Å²) in [6.07, 6.45) is 26.8. The highest BCUT2D eigenvalue weighted by atomic mass is 16.6. The van der Waals surface area contributed by atoms with Crippen molar-refractivity contribution in [3.05, 3.63) is 24.0 Å². The van der Waals surface area contributed by atoms with Crippen molar-refractivity contribution in [2.75, 3.05) is 27.2 Å². The molecular weight excluding hydrogens is 695 g/mol. The lowest BCUT2D eigenvalue weighted by Gasteiger charge is -2.58. The maximum absolute atomic E-state index is 13.4. The molecule has 0 radical (unpaired) electrons. The van der Waals surface area contributed by atoms with Crippen molar-refractivity contribution in [2.45, 2.75) is 197 Å². The molecule has 0 amide bonds. The first kappa shape index (κ1) is 47.0. The number of allylic oxidation sites excluding steroid dienone is 2. The number of ether oxygens (including phenoxy) is 3. The molecule has 0 aromatic rings. The predicted octanol–water partition coefficient (Wildman–Crippen LogP) is 12.7. The smallest absolute Gasteiger partial charge is 0.320 e. The Kier molecular flexibility index (Phi) is 17.2. The van der Waals surface area contributed by atoms with Gasteiger partial charge in [-0.2, -0.15) is 0 Å². The second-order valence-electron chi connectivity index (χ2n) is 21.6. The molecule has 4 aliphatic carbocycles. The van der Waals surface area contributed by atoms with Gasteiger partial charge in [0.2, 0.25) is 0 Å². The van der Waals surface area contributed by atoms with E-state index in [1.807, 2.05) is 34.0 Å². The van der Waals surface area contributed by atoms with Crippen molar-refractivity contribution in [2.24, 2.45) is 57.2 Å². The Labute approximate surface area is 345 Å². The second-order valence-corrected chi connectivity index (χ2v) is 21.6. The molecule has 3 saturated carbocycles.